The first-order chi connectivity index (χ1) is 47.2. The Labute approximate surface area is 665 Å². The number of hydrogen-bond acceptors (Lipinski definition) is 0. The van der Waals surface area contributed by atoms with Gasteiger partial charge in [-0.3, -0.25) is 0 Å². The minimum atomic E-state index is -1.09. The van der Waals surface area contributed by atoms with E-state index < -0.39 is 45.4 Å². The van der Waals surface area contributed by atoms with Gasteiger partial charge in [0.05, 0.1) is 0 Å². The Balaban J connectivity index is -0.000000209. The van der Waals surface area contributed by atoms with Crippen molar-refractivity contribution in [3.05, 3.63) is 0 Å². The molecule has 0 saturated heterocycles. The van der Waals surface area contributed by atoms with Gasteiger partial charge < -0.3 is 0 Å². The molecule has 0 aliphatic heterocycles. The number of alkyl halides is 8. The van der Waals surface area contributed by atoms with E-state index in [4.69, 9.17) is 0 Å². The third-order valence-corrected chi connectivity index (χ3v) is 27.4. The molecule has 3 aliphatic carbocycles. The van der Waals surface area contributed by atoms with Crippen molar-refractivity contribution in [2.24, 2.45) is 109 Å². The lowest BCUT2D eigenvalue weighted by Gasteiger charge is -2.51. The predicted molar refractivity (Wildman–Crippen MR) is 468 cm³/mol. The summed E-state index contributed by atoms with van der Waals surface area (Å²) >= 11 is 0. The van der Waals surface area contributed by atoms with Crippen LogP contribution >= 0.6 is 0 Å². The minimum Gasteiger partial charge on any atom is -0.244 e. The van der Waals surface area contributed by atoms with Gasteiger partial charge in [0.2, 0.25) is 0 Å². The second kappa shape index (κ2) is 52.1. The Morgan fingerprint density at radius 3 is 0.613 bits per heavy atom. The zero-order valence-corrected chi connectivity index (χ0v) is 81.5. The van der Waals surface area contributed by atoms with Gasteiger partial charge in [-0.05, 0) is 238 Å². The van der Waals surface area contributed by atoms with E-state index in [1.807, 2.05) is 48.5 Å². The van der Waals surface area contributed by atoms with Gasteiger partial charge in [-0.2, -0.15) is 0 Å². The van der Waals surface area contributed by atoms with Crippen molar-refractivity contribution in [2.75, 3.05) is 0 Å². The zero-order chi connectivity index (χ0) is 86.5. The van der Waals surface area contributed by atoms with Gasteiger partial charge in [0, 0.05) is 16.2 Å². The molecule has 0 aromatic carbocycles. The van der Waals surface area contributed by atoms with E-state index in [0.29, 0.717) is 51.8 Å². The van der Waals surface area contributed by atoms with Gasteiger partial charge in [0.15, 0.2) is 0 Å². The van der Waals surface area contributed by atoms with Crippen LogP contribution in [0.2, 0.25) is 0 Å². The fourth-order valence-corrected chi connectivity index (χ4v) is 17.4. The highest BCUT2D eigenvalue weighted by molar-refractivity contribution is 5.03. The Morgan fingerprint density at radius 1 is 0.274 bits per heavy atom. The summed E-state index contributed by atoms with van der Waals surface area (Å²) in [6.07, 6.45) is 22.9. The van der Waals surface area contributed by atoms with E-state index in [9.17, 15) is 26.3 Å². The highest BCUT2D eigenvalue weighted by Crippen LogP contribution is 2.55. The standard InChI is InChI=1S/C16H33F.C14H29F.2C12H25F.C11H23F.C9H17F.C7H13F.C6H11F.C6H14.C5H12/c1-10(2)14(11(3)4)16(9,17)15(12(5)6)13(7)8;1-8-12(5,9-2)14(7,15)13(6,10-3)11-4;1-8(2)11(9(3)4)12(7,13)10(5)6;1-6-10(7-2)12(5,13)11(8-3)9-4;1-7-10(5,8-2)11(6,12)9(3)4;1-8(2)4-6-9(3,10)7-5-8;1-7(8)5-3-2-4-6-7;1-6(7)4-2-3-5-6;1-5-6(2,3)4;1-5(2,3)4/h10-15H,1-9H3;8-11H2,1-7H3;8-11H,1-7H3;10-11H,6-9H2,1-5H3;9H,7-8H2,1-6H3;4-7H2,1-3H3;2-6H2,1H3;2-5H2,1H3;5H2,1-4H3;1-4H3/t;;12-;;11-;;;;;/m..0.0...../s1. The topological polar surface area (TPSA) is 0 Å². The molecule has 0 radical (unpaired) electrons. The molecule has 0 unspecified atom stereocenters. The molecule has 0 heterocycles. The van der Waals surface area contributed by atoms with Crippen molar-refractivity contribution in [1.82, 2.24) is 0 Å². The molecule has 106 heavy (non-hydrogen) atoms. The van der Waals surface area contributed by atoms with Crippen LogP contribution in [0.25, 0.3) is 0 Å². The van der Waals surface area contributed by atoms with Crippen molar-refractivity contribution in [3.8, 4) is 0 Å². The summed E-state index contributed by atoms with van der Waals surface area (Å²) in [6.45, 7) is 96.9. The van der Waals surface area contributed by atoms with E-state index in [1.54, 1.807) is 41.5 Å². The number of halogens is 8. The lowest BCUT2D eigenvalue weighted by Crippen LogP contribution is -2.51. The van der Waals surface area contributed by atoms with Gasteiger partial charge in [-0.15, -0.1) is 0 Å². The molecule has 2 atom stereocenters. The van der Waals surface area contributed by atoms with Crippen molar-refractivity contribution >= 4 is 0 Å². The first-order valence-corrected chi connectivity index (χ1v) is 44.7. The van der Waals surface area contributed by atoms with E-state index >= 15 is 8.78 Å². The number of hydrogen-bond donors (Lipinski definition) is 0. The van der Waals surface area contributed by atoms with Crippen LogP contribution in [0.3, 0.4) is 0 Å². The van der Waals surface area contributed by atoms with Gasteiger partial charge in [0.1, 0.15) is 45.4 Å². The Kier molecular flexibility index (Phi) is 58.3. The first-order valence-electron chi connectivity index (χ1n) is 44.7. The Hall–Kier alpha value is -0.560. The van der Waals surface area contributed by atoms with Gasteiger partial charge in [0.25, 0.3) is 0 Å². The molecule has 8 heteroatoms. The normalized spacial score (nSPS) is 18.1. The second-order valence-electron chi connectivity index (χ2n) is 42.8. The molecule has 0 aromatic rings. The average Bonchev–Trinajstić information content (AvgIpc) is 0.830. The maximum Gasteiger partial charge on any atom is 0.118 e. The third-order valence-electron chi connectivity index (χ3n) is 27.4. The number of rotatable bonds is 26. The summed E-state index contributed by atoms with van der Waals surface area (Å²) in [7, 11) is 0. The van der Waals surface area contributed by atoms with E-state index in [-0.39, 0.29) is 57.7 Å². The van der Waals surface area contributed by atoms with Crippen molar-refractivity contribution < 1.29 is 35.1 Å². The van der Waals surface area contributed by atoms with Crippen LogP contribution in [-0.4, -0.2) is 45.4 Å². The van der Waals surface area contributed by atoms with Gasteiger partial charge >= 0.3 is 0 Å². The summed E-state index contributed by atoms with van der Waals surface area (Å²) in [5.41, 5.74) is -6.84. The fraction of sp³-hybridized carbons (Fsp3) is 1.00. The van der Waals surface area contributed by atoms with Gasteiger partial charge in [-0.25, -0.2) is 35.1 Å². The van der Waals surface area contributed by atoms with E-state index in [1.165, 1.54) is 12.8 Å². The van der Waals surface area contributed by atoms with Crippen molar-refractivity contribution in [3.63, 3.8) is 0 Å². The lowest BCUT2D eigenvalue weighted by molar-refractivity contribution is -0.0946. The average molecular weight is 1530 g/mol. The highest BCUT2D eigenvalue weighted by atomic mass is 19.2. The largest absolute Gasteiger partial charge is 0.244 e. The van der Waals surface area contributed by atoms with Crippen LogP contribution in [0.15, 0.2) is 0 Å². The Bertz CT molecular complexity index is 1930. The SMILES string of the molecule is CC(C)(C)C.CC(C)C(C(C)C)C(C)(F)C(C(C)C)C(C)C.CC(C)C(C(C)C)[C@@](C)(F)C(C)C.CC1(C)CCC(C)(F)CC1.CC1(F)CCCC1.CC1(F)CCCCC1.CCC(C)(C)C.CCC(C)(CC)C(C)(F)C(C)(CC)CC.CCC(C)(CC)[C@@](C)(F)C(C)C.CCC(CC)C(C)(F)C(CC)CC. The molecular weight excluding hydrogens is 1330 g/mol. The maximum absolute atomic E-state index is 15.4. The lowest BCUT2D eigenvalue weighted by atomic mass is 9.57. The second-order valence-corrected chi connectivity index (χ2v) is 42.8. The fourth-order valence-electron chi connectivity index (χ4n) is 17.4. The Morgan fingerprint density at radius 2 is 0.481 bits per heavy atom. The zero-order valence-electron chi connectivity index (χ0n) is 81.5. The van der Waals surface area contributed by atoms with E-state index in [2.05, 4.69) is 235 Å². The van der Waals surface area contributed by atoms with Crippen LogP contribution in [0.1, 0.15) is 480 Å². The quantitative estimate of drug-likeness (QED) is 0.0757. The summed E-state index contributed by atoms with van der Waals surface area (Å²) in [5, 5.41) is 0. The molecule has 650 valence electrons. The highest BCUT2D eigenvalue weighted by Gasteiger charge is 2.54. The molecule has 0 spiro atoms. The molecule has 0 N–H and O–H groups in total. The minimum absolute atomic E-state index is 0.0994. The third kappa shape index (κ3) is 45.5. The molecule has 0 bridgehead atoms. The van der Waals surface area contributed by atoms with Crippen LogP contribution in [0.4, 0.5) is 35.1 Å². The molecular formula is C98H202F8. The molecule has 3 saturated carbocycles. The molecule has 3 fully saturated rings. The maximum atomic E-state index is 15.4. The van der Waals surface area contributed by atoms with Crippen LogP contribution in [0.5, 0.6) is 0 Å². The summed E-state index contributed by atoms with van der Waals surface area (Å²) in [5.74, 6) is 3.50. The first kappa shape index (κ1) is 119. The van der Waals surface area contributed by atoms with E-state index in [0.717, 1.165) is 141 Å². The van der Waals surface area contributed by atoms with Crippen molar-refractivity contribution in [2.45, 2.75) is 525 Å². The summed E-state index contributed by atoms with van der Waals surface area (Å²) in [6, 6.07) is 0. The predicted octanol–water partition coefficient (Wildman–Crippen LogP) is 36.8. The van der Waals surface area contributed by atoms with Crippen LogP contribution in [0, 0.1) is 109 Å². The molecule has 0 amide bonds. The van der Waals surface area contributed by atoms with Crippen molar-refractivity contribution in [1.29, 1.82) is 0 Å². The molecule has 3 aliphatic rings. The van der Waals surface area contributed by atoms with Gasteiger partial charge in [-0.1, -0.05) is 334 Å². The summed E-state index contributed by atoms with van der Waals surface area (Å²) < 4.78 is 112. The molecule has 0 aromatic heterocycles. The molecule has 0 nitrogen and oxygen atoms in total. The summed E-state index contributed by atoms with van der Waals surface area (Å²) in [4.78, 5) is 0. The smallest absolute Gasteiger partial charge is 0.118 e. The van der Waals surface area contributed by atoms with Crippen LogP contribution in [-0.2, 0) is 0 Å². The van der Waals surface area contributed by atoms with Crippen LogP contribution < -0.4 is 0 Å². The monoisotopic (exact) mass is 1530 g/mol. The molecule has 3 rings (SSSR count).